The molecule has 1 fully saturated rings. The lowest BCUT2D eigenvalue weighted by molar-refractivity contribution is -0.121. The summed E-state index contributed by atoms with van der Waals surface area (Å²) in [4.78, 5) is 11.4. The molecule has 0 aromatic heterocycles. The van der Waals surface area contributed by atoms with E-state index in [9.17, 15) is 4.79 Å². The van der Waals surface area contributed by atoms with Crippen molar-refractivity contribution in [2.45, 2.75) is 32.2 Å². The molecule has 0 bridgehead atoms. The second-order valence-electron chi connectivity index (χ2n) is 4.07. The molecular formula is C10H20N2OS. The van der Waals surface area contributed by atoms with Crippen molar-refractivity contribution in [2.75, 3.05) is 18.1 Å². The van der Waals surface area contributed by atoms with Crippen molar-refractivity contribution in [1.29, 1.82) is 0 Å². The fraction of sp³-hybridized carbons (Fsp3) is 0.900. The van der Waals surface area contributed by atoms with Gasteiger partial charge >= 0.3 is 0 Å². The number of amides is 1. The molecule has 1 aliphatic heterocycles. The highest BCUT2D eigenvalue weighted by atomic mass is 32.2. The van der Waals surface area contributed by atoms with Gasteiger partial charge in [0.25, 0.3) is 0 Å². The zero-order chi connectivity index (χ0) is 10.4. The molecule has 14 heavy (non-hydrogen) atoms. The van der Waals surface area contributed by atoms with E-state index in [4.69, 9.17) is 5.73 Å². The van der Waals surface area contributed by atoms with E-state index in [1.54, 1.807) is 0 Å². The molecule has 1 heterocycles. The van der Waals surface area contributed by atoms with Crippen LogP contribution in [-0.4, -0.2) is 30.0 Å². The van der Waals surface area contributed by atoms with Crippen LogP contribution in [-0.2, 0) is 4.79 Å². The van der Waals surface area contributed by atoms with Crippen molar-refractivity contribution in [1.82, 2.24) is 5.32 Å². The predicted octanol–water partition coefficient (Wildman–Crippen LogP) is 0.983. The van der Waals surface area contributed by atoms with E-state index in [0.717, 1.165) is 5.75 Å². The Bertz CT molecular complexity index is 179. The first kappa shape index (κ1) is 11.9. The van der Waals surface area contributed by atoms with E-state index < -0.39 is 0 Å². The SMILES string of the molecule is CC(N)CNC(=O)CC1CCCSC1. The van der Waals surface area contributed by atoms with Gasteiger partial charge < -0.3 is 11.1 Å². The predicted molar refractivity (Wildman–Crippen MR) is 61.3 cm³/mol. The third-order valence-corrected chi connectivity index (χ3v) is 3.63. The lowest BCUT2D eigenvalue weighted by Gasteiger charge is -2.20. The van der Waals surface area contributed by atoms with E-state index in [-0.39, 0.29) is 11.9 Å². The summed E-state index contributed by atoms with van der Waals surface area (Å²) in [5.74, 6) is 3.15. The van der Waals surface area contributed by atoms with Crippen molar-refractivity contribution in [3.05, 3.63) is 0 Å². The van der Waals surface area contributed by atoms with Crippen molar-refractivity contribution in [2.24, 2.45) is 11.7 Å². The van der Waals surface area contributed by atoms with Crippen molar-refractivity contribution in [3.63, 3.8) is 0 Å². The van der Waals surface area contributed by atoms with Crippen molar-refractivity contribution >= 4 is 17.7 Å². The summed E-state index contributed by atoms with van der Waals surface area (Å²) in [6, 6.07) is 0.0553. The summed E-state index contributed by atoms with van der Waals surface area (Å²) in [6.45, 7) is 2.50. The molecule has 2 atom stereocenters. The quantitative estimate of drug-likeness (QED) is 0.736. The zero-order valence-corrected chi connectivity index (χ0v) is 9.61. The summed E-state index contributed by atoms with van der Waals surface area (Å²) < 4.78 is 0. The molecule has 0 radical (unpaired) electrons. The topological polar surface area (TPSA) is 55.1 Å². The Balaban J connectivity index is 2.12. The van der Waals surface area contributed by atoms with Crippen molar-refractivity contribution < 1.29 is 4.79 Å². The minimum absolute atomic E-state index is 0.0553. The Morgan fingerprint density at radius 3 is 3.07 bits per heavy atom. The number of carbonyl (C=O) groups is 1. The number of nitrogens with one attached hydrogen (secondary N) is 1. The van der Waals surface area contributed by atoms with Crippen LogP contribution >= 0.6 is 11.8 Å². The number of thioether (sulfide) groups is 1. The van der Waals surface area contributed by atoms with Gasteiger partial charge in [-0.2, -0.15) is 11.8 Å². The molecule has 3 N–H and O–H groups in total. The highest BCUT2D eigenvalue weighted by Crippen LogP contribution is 2.24. The van der Waals surface area contributed by atoms with Crippen LogP contribution in [0, 0.1) is 5.92 Å². The fourth-order valence-corrected chi connectivity index (χ4v) is 2.73. The van der Waals surface area contributed by atoms with E-state index in [1.165, 1.54) is 18.6 Å². The standard InChI is InChI=1S/C10H20N2OS/c1-8(11)6-12-10(13)5-9-3-2-4-14-7-9/h8-9H,2-7,11H2,1H3,(H,12,13). The maximum Gasteiger partial charge on any atom is 0.220 e. The molecule has 0 aliphatic carbocycles. The van der Waals surface area contributed by atoms with E-state index >= 15 is 0 Å². The Kier molecular flexibility index (Phi) is 5.33. The molecule has 4 heteroatoms. The third-order valence-electron chi connectivity index (χ3n) is 2.35. The summed E-state index contributed by atoms with van der Waals surface area (Å²) in [7, 11) is 0. The molecule has 0 saturated carbocycles. The average molecular weight is 216 g/mol. The van der Waals surface area contributed by atoms with Crippen LogP contribution < -0.4 is 11.1 Å². The number of hydrogen-bond acceptors (Lipinski definition) is 3. The van der Waals surface area contributed by atoms with Gasteiger partial charge in [0.15, 0.2) is 0 Å². The lowest BCUT2D eigenvalue weighted by atomic mass is 10.0. The van der Waals surface area contributed by atoms with Gasteiger partial charge in [-0.3, -0.25) is 4.79 Å². The Hall–Kier alpha value is -0.220. The molecule has 82 valence electrons. The molecule has 0 aromatic carbocycles. The maximum atomic E-state index is 11.4. The molecule has 1 saturated heterocycles. The molecule has 3 nitrogen and oxygen atoms in total. The van der Waals surface area contributed by atoms with Crippen LogP contribution in [0.25, 0.3) is 0 Å². The first-order valence-electron chi connectivity index (χ1n) is 5.28. The van der Waals surface area contributed by atoms with Crippen LogP contribution in [0.15, 0.2) is 0 Å². The largest absolute Gasteiger partial charge is 0.355 e. The van der Waals surface area contributed by atoms with Gasteiger partial charge in [-0.1, -0.05) is 0 Å². The van der Waals surface area contributed by atoms with Gasteiger partial charge in [0.2, 0.25) is 5.91 Å². The first-order valence-corrected chi connectivity index (χ1v) is 6.44. The molecule has 1 aliphatic rings. The second kappa shape index (κ2) is 6.30. The van der Waals surface area contributed by atoms with Crippen LogP contribution in [0.1, 0.15) is 26.2 Å². The molecule has 1 amide bonds. The third kappa shape index (κ3) is 4.86. The lowest BCUT2D eigenvalue weighted by Crippen LogP contribution is -2.36. The van der Waals surface area contributed by atoms with E-state index in [0.29, 0.717) is 18.9 Å². The Labute approximate surface area is 90.2 Å². The van der Waals surface area contributed by atoms with Crippen molar-refractivity contribution in [3.8, 4) is 0 Å². The monoisotopic (exact) mass is 216 g/mol. The average Bonchev–Trinajstić information content (AvgIpc) is 2.16. The fourth-order valence-electron chi connectivity index (χ4n) is 1.58. The molecule has 1 rings (SSSR count). The zero-order valence-electron chi connectivity index (χ0n) is 8.79. The Morgan fingerprint density at radius 1 is 1.71 bits per heavy atom. The second-order valence-corrected chi connectivity index (χ2v) is 5.22. The molecule has 0 aromatic rings. The number of carbonyl (C=O) groups excluding carboxylic acids is 1. The van der Waals surface area contributed by atoms with E-state index in [2.05, 4.69) is 5.32 Å². The first-order chi connectivity index (χ1) is 6.68. The van der Waals surface area contributed by atoms with Crippen LogP contribution in [0.3, 0.4) is 0 Å². The van der Waals surface area contributed by atoms with Crippen LogP contribution in [0.2, 0.25) is 0 Å². The molecule has 0 spiro atoms. The summed E-state index contributed by atoms with van der Waals surface area (Å²) in [5, 5.41) is 2.86. The number of rotatable bonds is 4. The molecular weight excluding hydrogens is 196 g/mol. The summed E-state index contributed by atoms with van der Waals surface area (Å²) in [5.41, 5.74) is 5.56. The van der Waals surface area contributed by atoms with Gasteiger partial charge in [0, 0.05) is 19.0 Å². The maximum absolute atomic E-state index is 11.4. The number of hydrogen-bond donors (Lipinski definition) is 2. The van der Waals surface area contributed by atoms with Gasteiger partial charge in [-0.15, -0.1) is 0 Å². The highest BCUT2D eigenvalue weighted by Gasteiger charge is 2.17. The number of nitrogens with two attached hydrogens (primary N) is 1. The normalized spacial score (nSPS) is 24.3. The highest BCUT2D eigenvalue weighted by molar-refractivity contribution is 7.99. The summed E-state index contributed by atoms with van der Waals surface area (Å²) >= 11 is 1.96. The van der Waals surface area contributed by atoms with Gasteiger partial charge in [0.05, 0.1) is 0 Å². The Morgan fingerprint density at radius 2 is 2.50 bits per heavy atom. The minimum Gasteiger partial charge on any atom is -0.355 e. The van der Waals surface area contributed by atoms with Gasteiger partial charge in [-0.05, 0) is 37.2 Å². The van der Waals surface area contributed by atoms with E-state index in [1.807, 2.05) is 18.7 Å². The van der Waals surface area contributed by atoms with Crippen LogP contribution in [0.4, 0.5) is 0 Å². The summed E-state index contributed by atoms with van der Waals surface area (Å²) in [6.07, 6.45) is 3.15. The molecule has 2 unspecified atom stereocenters. The minimum atomic E-state index is 0.0553. The van der Waals surface area contributed by atoms with Gasteiger partial charge in [0.1, 0.15) is 0 Å². The van der Waals surface area contributed by atoms with Gasteiger partial charge in [-0.25, -0.2) is 0 Å². The van der Waals surface area contributed by atoms with Crippen LogP contribution in [0.5, 0.6) is 0 Å². The smallest absolute Gasteiger partial charge is 0.220 e.